The summed E-state index contributed by atoms with van der Waals surface area (Å²) in [5.74, 6) is -2.34. The number of carbonyl (C=O) groups is 1. The monoisotopic (exact) mass is 740 g/mol. The van der Waals surface area contributed by atoms with Gasteiger partial charge in [-0.25, -0.2) is 35.7 Å². The highest BCUT2D eigenvalue weighted by Gasteiger charge is 2.30. The van der Waals surface area contributed by atoms with Crippen molar-refractivity contribution in [3.8, 4) is 11.4 Å². The van der Waals surface area contributed by atoms with Gasteiger partial charge in [0.2, 0.25) is 10.0 Å². The van der Waals surface area contributed by atoms with Crippen molar-refractivity contribution < 1.29 is 36.2 Å². The number of rotatable bonds is 10. The summed E-state index contributed by atoms with van der Waals surface area (Å²) >= 11 is 6.73. The number of aromatic nitrogens is 4. The summed E-state index contributed by atoms with van der Waals surface area (Å²) in [4.78, 5) is 31.0. The van der Waals surface area contributed by atoms with E-state index in [0.717, 1.165) is 39.4 Å². The number of anilines is 1. The highest BCUT2D eigenvalue weighted by Crippen LogP contribution is 2.38. The van der Waals surface area contributed by atoms with Gasteiger partial charge in [0.05, 0.1) is 58.5 Å². The van der Waals surface area contributed by atoms with E-state index >= 15 is 0 Å². The molecule has 2 heterocycles. The molecule has 1 unspecified atom stereocenters. The van der Waals surface area contributed by atoms with Gasteiger partial charge in [-0.05, 0) is 59.7 Å². The Morgan fingerprint density at radius 2 is 1.69 bits per heavy atom. The normalized spacial score (nSPS) is 12.3. The van der Waals surface area contributed by atoms with Crippen LogP contribution in [0, 0.1) is 17.5 Å². The van der Waals surface area contributed by atoms with Crippen molar-refractivity contribution >= 4 is 55.3 Å². The van der Waals surface area contributed by atoms with Gasteiger partial charge in [-0.3, -0.25) is 14.0 Å². The van der Waals surface area contributed by atoms with E-state index in [1.165, 1.54) is 37.0 Å². The molecule has 2 aromatic heterocycles. The fourth-order valence-electron chi connectivity index (χ4n) is 5.90. The summed E-state index contributed by atoms with van der Waals surface area (Å²) in [6.07, 6.45) is -0.935. The van der Waals surface area contributed by atoms with Gasteiger partial charge in [-0.15, -0.1) is 0 Å². The number of amides is 1. The van der Waals surface area contributed by atoms with Crippen LogP contribution >= 0.6 is 11.6 Å². The van der Waals surface area contributed by atoms with Crippen LogP contribution in [0.15, 0.2) is 77.6 Å². The van der Waals surface area contributed by atoms with Gasteiger partial charge < -0.3 is 15.2 Å². The van der Waals surface area contributed by atoms with E-state index in [1.807, 2.05) is 0 Å². The minimum absolute atomic E-state index is 0.0257. The third-order valence-corrected chi connectivity index (χ3v) is 9.51. The molecule has 0 aliphatic heterocycles. The average Bonchev–Trinajstić information content (AvgIpc) is 3.40. The Bertz CT molecular complexity index is 2490. The first-order valence-electron chi connectivity index (χ1n) is 15.1. The minimum Gasteiger partial charge on any atom is -0.497 e. The number of benzene rings is 4. The average molecular weight is 741 g/mol. The number of nitrogens with one attached hydrogen (secondary N) is 1. The lowest BCUT2D eigenvalue weighted by molar-refractivity contribution is 0.189. The van der Waals surface area contributed by atoms with E-state index < -0.39 is 45.2 Å². The largest absolute Gasteiger partial charge is 0.497 e. The second kappa shape index (κ2) is 13.6. The molecule has 4 aromatic carbocycles. The Kier molecular flexibility index (Phi) is 9.39. The summed E-state index contributed by atoms with van der Waals surface area (Å²) in [6.45, 7) is -0.154. The van der Waals surface area contributed by atoms with Crippen LogP contribution in [-0.2, 0) is 30.0 Å². The molecule has 12 nitrogen and oxygen atoms in total. The second-order valence-electron chi connectivity index (χ2n) is 11.6. The minimum atomic E-state index is -4.01. The van der Waals surface area contributed by atoms with Crippen molar-refractivity contribution in [2.24, 2.45) is 7.05 Å². The van der Waals surface area contributed by atoms with Gasteiger partial charge in [-0.2, -0.15) is 5.10 Å². The molecule has 2 N–H and O–H groups in total. The van der Waals surface area contributed by atoms with Crippen LogP contribution in [0.3, 0.4) is 0 Å². The van der Waals surface area contributed by atoms with E-state index in [4.69, 9.17) is 16.3 Å². The zero-order chi connectivity index (χ0) is 36.8. The van der Waals surface area contributed by atoms with Gasteiger partial charge in [-0.1, -0.05) is 23.7 Å². The van der Waals surface area contributed by atoms with Gasteiger partial charge >= 0.3 is 6.09 Å². The van der Waals surface area contributed by atoms with Crippen LogP contribution in [0.2, 0.25) is 5.02 Å². The third kappa shape index (κ3) is 7.05. The van der Waals surface area contributed by atoms with Crippen molar-refractivity contribution in [3.05, 3.63) is 123 Å². The molecule has 0 fully saturated rings. The van der Waals surface area contributed by atoms with Gasteiger partial charge in [0.25, 0.3) is 5.56 Å². The zero-order valence-corrected chi connectivity index (χ0v) is 28.6. The van der Waals surface area contributed by atoms with Crippen LogP contribution in [-0.4, -0.2) is 52.3 Å². The number of sulfonamides is 1. The van der Waals surface area contributed by atoms with E-state index in [2.05, 4.69) is 15.4 Å². The number of aryl methyl sites for hydroxylation is 1. The van der Waals surface area contributed by atoms with E-state index in [9.17, 15) is 36.3 Å². The first-order chi connectivity index (χ1) is 24.1. The third-order valence-electron chi connectivity index (χ3n) is 8.09. The summed E-state index contributed by atoms with van der Waals surface area (Å²) in [5, 5.41) is 16.8. The zero-order valence-electron chi connectivity index (χ0n) is 27.1. The quantitative estimate of drug-likeness (QED) is 0.177. The predicted octanol–water partition coefficient (Wildman–Crippen LogP) is 5.87. The Morgan fingerprint density at radius 3 is 2.31 bits per heavy atom. The van der Waals surface area contributed by atoms with Crippen molar-refractivity contribution in [2.75, 3.05) is 17.7 Å². The maximum Gasteiger partial charge on any atom is 0.405 e. The lowest BCUT2D eigenvalue weighted by Crippen LogP contribution is -2.35. The molecule has 0 radical (unpaired) electrons. The molecule has 0 bridgehead atoms. The summed E-state index contributed by atoms with van der Waals surface area (Å²) in [5.41, 5.74) is -0.0612. The lowest BCUT2D eigenvalue weighted by Gasteiger charge is -2.23. The number of hydrogen-bond acceptors (Lipinski definition) is 7. The van der Waals surface area contributed by atoms with Crippen LogP contribution in [0.25, 0.3) is 27.5 Å². The Hall–Kier alpha value is -5.61. The maximum absolute atomic E-state index is 14.4. The topological polar surface area (TPSA) is 149 Å². The number of methoxy groups -OCH3 is 1. The summed E-state index contributed by atoms with van der Waals surface area (Å²) in [7, 11) is -1.01. The highest BCUT2D eigenvalue weighted by atomic mass is 35.5. The molecule has 264 valence electrons. The highest BCUT2D eigenvalue weighted by molar-refractivity contribution is 7.92. The van der Waals surface area contributed by atoms with Gasteiger partial charge in [0, 0.05) is 25.6 Å². The number of fused-ring (bicyclic) bond motifs is 2. The Labute approximate surface area is 293 Å². The van der Waals surface area contributed by atoms with Crippen LogP contribution in [0.4, 0.5) is 23.8 Å². The number of halogens is 4. The molecular formula is C34H28ClF3N6O6S. The summed E-state index contributed by atoms with van der Waals surface area (Å²) in [6, 6.07) is 14.0. The molecule has 1 amide bonds. The van der Waals surface area contributed by atoms with Gasteiger partial charge in [0.15, 0.2) is 5.82 Å². The smallest absolute Gasteiger partial charge is 0.405 e. The number of hydrogen-bond donors (Lipinski definition) is 2. The van der Waals surface area contributed by atoms with E-state index in [-0.39, 0.29) is 62.7 Å². The molecule has 17 heteroatoms. The number of carboxylic acid groups (broad SMARTS) is 1. The van der Waals surface area contributed by atoms with Gasteiger partial charge in [0.1, 0.15) is 29.0 Å². The van der Waals surface area contributed by atoms with Crippen molar-refractivity contribution in [1.82, 2.24) is 24.6 Å². The Morgan fingerprint density at radius 1 is 1.00 bits per heavy atom. The van der Waals surface area contributed by atoms with E-state index in [1.54, 1.807) is 24.3 Å². The van der Waals surface area contributed by atoms with Crippen molar-refractivity contribution in [1.29, 1.82) is 0 Å². The molecule has 0 spiro atoms. The standard InChI is InChI=1S/C34H28ClF3N6O6S/c1-42-30-28(11-10-25(35)29(30)32(41-42)43(51(3,48)49)17-18-4-7-23(50-2)8-5-18)44-31(39-26-16-20(36)6-9-24(26)33(44)45)27(40-34(46)47)14-19-12-21(37)15-22(38)13-19/h4-13,15-16,27,40H,14,17H2,1-3H3,(H,46,47). The molecule has 51 heavy (non-hydrogen) atoms. The molecule has 0 saturated heterocycles. The molecular weight excluding hydrogens is 713 g/mol. The molecule has 0 aliphatic rings. The summed E-state index contributed by atoms with van der Waals surface area (Å²) < 4.78 is 78.0. The maximum atomic E-state index is 14.4. The van der Waals surface area contributed by atoms with Crippen LogP contribution in [0.5, 0.6) is 5.75 Å². The van der Waals surface area contributed by atoms with Crippen LogP contribution in [0.1, 0.15) is 23.0 Å². The molecule has 0 aliphatic carbocycles. The van der Waals surface area contributed by atoms with Crippen molar-refractivity contribution in [3.63, 3.8) is 0 Å². The van der Waals surface area contributed by atoms with E-state index in [0.29, 0.717) is 17.4 Å². The second-order valence-corrected chi connectivity index (χ2v) is 13.9. The SMILES string of the molecule is COc1ccc(CN(c2nn(C)c3c(-n4c(C(Cc5cc(F)cc(F)c5)NC(=O)O)nc5cc(F)ccc5c4=O)ccc(Cl)c23)S(C)(=O)=O)cc1. The first-order valence-corrected chi connectivity index (χ1v) is 17.3. The molecule has 6 rings (SSSR count). The predicted molar refractivity (Wildman–Crippen MR) is 185 cm³/mol. The lowest BCUT2D eigenvalue weighted by atomic mass is 10.0. The molecule has 1 atom stereocenters. The first kappa shape index (κ1) is 35.2. The molecule has 0 saturated carbocycles. The number of ether oxygens (including phenoxy) is 1. The van der Waals surface area contributed by atoms with Crippen molar-refractivity contribution in [2.45, 2.75) is 19.0 Å². The number of nitrogens with zero attached hydrogens (tertiary/aromatic N) is 5. The fraction of sp³-hybridized carbons (Fsp3) is 0.176. The fourth-order valence-corrected chi connectivity index (χ4v) is 6.96. The Balaban J connectivity index is 1.63. The molecule has 6 aromatic rings. The van der Waals surface area contributed by atoms with Crippen LogP contribution < -0.4 is 19.9 Å².